The van der Waals surface area contributed by atoms with Crippen LogP contribution in [0.5, 0.6) is 0 Å². The summed E-state index contributed by atoms with van der Waals surface area (Å²) in [5.74, 6) is -0.449. The summed E-state index contributed by atoms with van der Waals surface area (Å²) in [6.07, 6.45) is 7.95. The first-order valence-corrected chi connectivity index (χ1v) is 11.2. The second kappa shape index (κ2) is 10.2. The van der Waals surface area contributed by atoms with Crippen molar-refractivity contribution in [2.45, 2.75) is 45.1 Å². The molecule has 1 aromatic heterocycles. The van der Waals surface area contributed by atoms with Gasteiger partial charge < -0.3 is 15.5 Å². The Morgan fingerprint density at radius 3 is 2.30 bits per heavy atom. The van der Waals surface area contributed by atoms with Crippen LogP contribution >= 0.6 is 0 Å². The zero-order valence-electron chi connectivity index (χ0n) is 18.4. The third-order valence-corrected chi connectivity index (χ3v) is 5.96. The van der Waals surface area contributed by atoms with Gasteiger partial charge in [0.15, 0.2) is 0 Å². The summed E-state index contributed by atoms with van der Waals surface area (Å²) in [7, 11) is 0. The number of hydrogen-bond donors (Lipinski definition) is 2. The summed E-state index contributed by atoms with van der Waals surface area (Å²) in [4.78, 5) is 28.1. The number of hydrazone groups is 1. The quantitative estimate of drug-likeness (QED) is 0.355. The van der Waals surface area contributed by atoms with Crippen molar-refractivity contribution in [1.82, 2.24) is 25.6 Å². The van der Waals surface area contributed by atoms with Crippen LogP contribution in [0.1, 0.15) is 44.1 Å². The van der Waals surface area contributed by atoms with E-state index in [1.807, 2.05) is 6.07 Å². The van der Waals surface area contributed by atoms with E-state index in [9.17, 15) is 14.9 Å². The molecule has 0 saturated carbocycles. The van der Waals surface area contributed by atoms with Gasteiger partial charge in [0.05, 0.1) is 11.1 Å². The minimum Gasteiger partial charge on any atom is -0.371 e. The van der Waals surface area contributed by atoms with E-state index in [0.29, 0.717) is 11.3 Å². The summed E-state index contributed by atoms with van der Waals surface area (Å²) >= 11 is 0. The number of anilines is 3. The number of nitrogen functional groups attached to an aromatic ring is 1. The molecule has 13 nitrogen and oxygen atoms in total. The number of nitro groups is 1. The summed E-state index contributed by atoms with van der Waals surface area (Å²) in [5, 5.41) is 26.5. The zero-order valence-corrected chi connectivity index (χ0v) is 18.4. The average molecular weight is 457 g/mol. The Hall–Kier alpha value is -3.77. The highest BCUT2D eigenvalue weighted by Crippen LogP contribution is 2.37. The highest BCUT2D eigenvalue weighted by atomic mass is 16.6. The number of benzene rings is 1. The minimum absolute atomic E-state index is 0.0189. The van der Waals surface area contributed by atoms with E-state index in [-0.39, 0.29) is 23.1 Å². The maximum Gasteiger partial charge on any atom is 0.293 e. The maximum atomic E-state index is 12.2. The molecule has 3 heterocycles. The van der Waals surface area contributed by atoms with Crippen molar-refractivity contribution in [3.8, 4) is 0 Å². The lowest BCUT2D eigenvalue weighted by atomic mass is 10.0. The smallest absolute Gasteiger partial charge is 0.293 e. The number of carbonyl (C=O) groups is 1. The fourth-order valence-corrected chi connectivity index (χ4v) is 4.30. The number of nitrogens with one attached hydrogen (secondary N) is 1. The Labute approximate surface area is 190 Å². The van der Waals surface area contributed by atoms with E-state index in [1.165, 1.54) is 12.6 Å². The Morgan fingerprint density at radius 2 is 1.73 bits per heavy atom. The number of piperidine rings is 2. The molecular weight excluding hydrogens is 428 g/mol. The largest absolute Gasteiger partial charge is 0.371 e. The number of nitrogens with two attached hydrogens (primary N) is 1. The summed E-state index contributed by atoms with van der Waals surface area (Å²) < 4.78 is 1.14. The van der Waals surface area contributed by atoms with Gasteiger partial charge >= 0.3 is 0 Å². The number of nitrogens with zero attached hydrogens (tertiary/aromatic N) is 8. The van der Waals surface area contributed by atoms with Crippen LogP contribution in [-0.2, 0) is 11.3 Å². The average Bonchev–Trinajstić information content (AvgIpc) is 3.23. The first kappa shape index (κ1) is 22.4. The van der Waals surface area contributed by atoms with Crippen LogP contribution in [0, 0.1) is 10.1 Å². The molecule has 2 aliphatic heterocycles. The number of rotatable bonds is 7. The third kappa shape index (κ3) is 5.35. The Morgan fingerprint density at radius 1 is 1.09 bits per heavy atom. The van der Waals surface area contributed by atoms with Gasteiger partial charge in [-0.05, 0) is 55.0 Å². The van der Waals surface area contributed by atoms with E-state index in [0.717, 1.165) is 68.7 Å². The van der Waals surface area contributed by atoms with Gasteiger partial charge in [-0.1, -0.05) is 5.10 Å². The number of carbonyl (C=O) groups excluding carboxylic acids is 1. The first-order chi connectivity index (χ1) is 16.0. The molecule has 4 rings (SSSR count). The van der Waals surface area contributed by atoms with Crippen molar-refractivity contribution in [2.75, 3.05) is 41.7 Å². The Kier molecular flexibility index (Phi) is 6.95. The molecule has 1 aromatic carbocycles. The fraction of sp³-hybridized carbons (Fsp3) is 0.550. The van der Waals surface area contributed by atoms with Crippen LogP contribution in [0.15, 0.2) is 17.2 Å². The second-order valence-corrected chi connectivity index (χ2v) is 8.24. The maximum absolute atomic E-state index is 12.2. The molecule has 33 heavy (non-hydrogen) atoms. The monoisotopic (exact) mass is 456 g/mol. The standard InChI is InChI=1S/C20H28N10O3/c21-20-24-25-26-29(20)14-19(31)23-22-13-15-11-18(30(32)33)17(28-9-5-2-6-10-28)12-16(15)27-7-3-1-4-8-27/h11-13H,1-10,14H2,(H,23,31)(H2,21,24,26)/b22-13-. The van der Waals surface area contributed by atoms with Crippen molar-refractivity contribution in [1.29, 1.82) is 0 Å². The van der Waals surface area contributed by atoms with Crippen molar-refractivity contribution < 1.29 is 9.72 Å². The normalized spacial score (nSPS) is 16.8. The van der Waals surface area contributed by atoms with Gasteiger partial charge in [-0.25, -0.2) is 10.1 Å². The van der Waals surface area contributed by atoms with Crippen LogP contribution in [0.25, 0.3) is 0 Å². The first-order valence-electron chi connectivity index (χ1n) is 11.2. The molecule has 3 N–H and O–H groups in total. The van der Waals surface area contributed by atoms with Gasteiger partial charge in [-0.15, -0.1) is 0 Å². The van der Waals surface area contributed by atoms with Crippen molar-refractivity contribution >= 4 is 35.1 Å². The molecule has 0 radical (unpaired) electrons. The van der Waals surface area contributed by atoms with Crippen molar-refractivity contribution in [2.24, 2.45) is 5.10 Å². The van der Waals surface area contributed by atoms with E-state index >= 15 is 0 Å². The topological polar surface area (TPSA) is 161 Å². The molecule has 0 spiro atoms. The third-order valence-electron chi connectivity index (χ3n) is 5.96. The van der Waals surface area contributed by atoms with Gasteiger partial charge in [0.2, 0.25) is 5.95 Å². The molecule has 2 saturated heterocycles. The second-order valence-electron chi connectivity index (χ2n) is 8.24. The van der Waals surface area contributed by atoms with Gasteiger partial charge in [0.25, 0.3) is 11.6 Å². The molecule has 0 aliphatic carbocycles. The fourth-order valence-electron chi connectivity index (χ4n) is 4.30. The Balaban J connectivity index is 1.61. The van der Waals surface area contributed by atoms with Crippen LogP contribution in [0.2, 0.25) is 0 Å². The van der Waals surface area contributed by atoms with Gasteiger partial charge in [0.1, 0.15) is 12.2 Å². The van der Waals surface area contributed by atoms with Crippen molar-refractivity contribution in [3.05, 3.63) is 27.8 Å². The number of hydrogen-bond acceptors (Lipinski definition) is 10. The molecule has 1 amide bonds. The van der Waals surface area contributed by atoms with Crippen molar-refractivity contribution in [3.63, 3.8) is 0 Å². The zero-order chi connectivity index (χ0) is 23.2. The molecule has 176 valence electrons. The summed E-state index contributed by atoms with van der Waals surface area (Å²) in [6, 6.07) is 3.47. The predicted octanol–water partition coefficient (Wildman–Crippen LogP) is 1.29. The minimum atomic E-state index is -0.468. The number of tetrazole rings is 1. The summed E-state index contributed by atoms with van der Waals surface area (Å²) in [6.45, 7) is 3.18. The lowest BCUT2D eigenvalue weighted by Gasteiger charge is -2.33. The predicted molar refractivity (Wildman–Crippen MR) is 123 cm³/mol. The van der Waals surface area contributed by atoms with Crippen LogP contribution in [0.4, 0.5) is 23.0 Å². The number of amides is 1. The molecule has 0 unspecified atom stereocenters. The molecule has 2 aromatic rings. The van der Waals surface area contributed by atoms with E-state index in [1.54, 1.807) is 6.07 Å². The molecule has 0 bridgehead atoms. The molecular formula is C20H28N10O3. The molecule has 2 fully saturated rings. The lowest BCUT2D eigenvalue weighted by Crippen LogP contribution is -2.32. The highest BCUT2D eigenvalue weighted by molar-refractivity contribution is 5.93. The van der Waals surface area contributed by atoms with E-state index in [2.05, 4.69) is 35.9 Å². The molecule has 0 atom stereocenters. The molecule has 2 aliphatic rings. The lowest BCUT2D eigenvalue weighted by molar-refractivity contribution is -0.384. The number of aromatic nitrogens is 4. The van der Waals surface area contributed by atoms with Crippen LogP contribution in [0.3, 0.4) is 0 Å². The highest BCUT2D eigenvalue weighted by Gasteiger charge is 2.26. The van der Waals surface area contributed by atoms with Gasteiger partial charge in [-0.2, -0.15) is 5.10 Å². The molecule has 13 heteroatoms. The SMILES string of the molecule is Nc1nnnn1CC(=O)N/N=C\c1cc([N+](=O)[O-])c(N2CCCCC2)cc1N1CCCCC1. The van der Waals surface area contributed by atoms with Crippen LogP contribution in [-0.4, -0.2) is 63.4 Å². The van der Waals surface area contributed by atoms with Gasteiger partial charge in [0, 0.05) is 43.5 Å². The Bertz CT molecular complexity index is 1030. The van der Waals surface area contributed by atoms with E-state index < -0.39 is 5.91 Å². The van der Waals surface area contributed by atoms with Crippen LogP contribution < -0.4 is 21.0 Å². The number of nitro benzene ring substituents is 1. The van der Waals surface area contributed by atoms with E-state index in [4.69, 9.17) is 5.73 Å². The van der Waals surface area contributed by atoms with Gasteiger partial charge in [-0.3, -0.25) is 14.9 Å². The summed E-state index contributed by atoms with van der Waals surface area (Å²) in [5.41, 5.74) is 10.2.